The van der Waals surface area contributed by atoms with Gasteiger partial charge in [0.05, 0.1) is 33.7 Å². The van der Waals surface area contributed by atoms with E-state index in [0.717, 1.165) is 44.1 Å². The first kappa shape index (κ1) is 20.5. The molecule has 0 bridgehead atoms. The van der Waals surface area contributed by atoms with Gasteiger partial charge in [-0.2, -0.15) is 10.4 Å². The van der Waals surface area contributed by atoms with Crippen LogP contribution in [0.2, 0.25) is 0 Å². The molecular weight excluding hydrogens is 438 g/mol. The molecule has 33 heavy (non-hydrogen) atoms. The molecule has 2 aromatic heterocycles. The van der Waals surface area contributed by atoms with Crippen LogP contribution in [0.5, 0.6) is 0 Å². The van der Waals surface area contributed by atoms with Gasteiger partial charge < -0.3 is 10.3 Å². The van der Waals surface area contributed by atoms with Gasteiger partial charge in [-0.15, -0.1) is 0 Å². The molecule has 9 heteroatoms. The summed E-state index contributed by atoms with van der Waals surface area (Å²) in [5, 5.41) is 17.8. The first-order valence-corrected chi connectivity index (χ1v) is 13.0. The molecule has 1 atom stereocenters. The monoisotopic (exact) mass is 463 g/mol. The van der Waals surface area contributed by atoms with Crippen molar-refractivity contribution in [3.8, 4) is 6.07 Å². The maximum Gasteiger partial charge on any atom is 0.261 e. The molecule has 8 nitrogen and oxygen atoms in total. The summed E-state index contributed by atoms with van der Waals surface area (Å²) in [4.78, 5) is 15.9. The van der Waals surface area contributed by atoms with Crippen molar-refractivity contribution in [2.24, 2.45) is 5.92 Å². The first-order valence-electron chi connectivity index (χ1n) is 11.5. The van der Waals surface area contributed by atoms with Crippen molar-refractivity contribution in [2.75, 3.05) is 5.32 Å². The molecule has 2 N–H and O–H groups in total. The van der Waals surface area contributed by atoms with Gasteiger partial charge in [0.25, 0.3) is 5.56 Å². The van der Waals surface area contributed by atoms with E-state index in [1.165, 1.54) is 0 Å². The molecule has 3 aliphatic rings. The Kier molecular flexibility index (Phi) is 4.46. The smallest absolute Gasteiger partial charge is 0.261 e. The number of pyridine rings is 1. The summed E-state index contributed by atoms with van der Waals surface area (Å²) in [5.74, 6) is 0.819. The van der Waals surface area contributed by atoms with Gasteiger partial charge in [-0.05, 0) is 67.9 Å². The Morgan fingerprint density at radius 3 is 2.79 bits per heavy atom. The second-order valence-corrected chi connectivity index (χ2v) is 12.0. The number of nitrogens with zero attached hydrogens (tertiary/aromatic N) is 3. The molecule has 1 spiro atoms. The van der Waals surface area contributed by atoms with Crippen molar-refractivity contribution in [1.29, 1.82) is 5.26 Å². The molecule has 2 fully saturated rings. The first-order chi connectivity index (χ1) is 15.9. The molecule has 0 unspecified atom stereocenters. The molecule has 2 aliphatic carbocycles. The Morgan fingerprint density at radius 1 is 1.27 bits per heavy atom. The minimum absolute atomic E-state index is 0.0674. The summed E-state index contributed by atoms with van der Waals surface area (Å²) in [7, 11) is -3.33. The van der Waals surface area contributed by atoms with Crippen molar-refractivity contribution < 1.29 is 8.42 Å². The predicted molar refractivity (Wildman–Crippen MR) is 124 cm³/mol. The van der Waals surface area contributed by atoms with Crippen molar-refractivity contribution in [2.45, 2.75) is 67.1 Å². The number of benzene rings is 1. The van der Waals surface area contributed by atoms with Crippen LogP contribution in [0.25, 0.3) is 10.9 Å². The Labute approximate surface area is 191 Å². The van der Waals surface area contributed by atoms with E-state index >= 15 is 0 Å². The van der Waals surface area contributed by atoms with Crippen LogP contribution in [0, 0.1) is 17.2 Å². The van der Waals surface area contributed by atoms with E-state index in [2.05, 4.69) is 16.4 Å². The number of hydrogen-bond acceptors (Lipinski definition) is 6. The van der Waals surface area contributed by atoms with Crippen LogP contribution in [-0.4, -0.2) is 27.9 Å². The number of sulfone groups is 1. The third-order valence-electron chi connectivity index (χ3n) is 7.62. The highest BCUT2D eigenvalue weighted by Gasteiger charge is 2.52. The summed E-state index contributed by atoms with van der Waals surface area (Å²) in [6, 6.07) is 9.34. The second kappa shape index (κ2) is 7.19. The molecular formula is C24H25N5O3S. The molecule has 2 saturated carbocycles. The van der Waals surface area contributed by atoms with Crippen LogP contribution in [0.4, 0.5) is 11.5 Å². The molecule has 0 amide bonds. The minimum Gasteiger partial charge on any atom is -0.338 e. The highest BCUT2D eigenvalue weighted by Crippen LogP contribution is 2.49. The average Bonchev–Trinajstić information content (AvgIpc) is 3.33. The van der Waals surface area contributed by atoms with Gasteiger partial charge in [0.1, 0.15) is 5.39 Å². The number of nitriles is 1. The topological polar surface area (TPSA) is 121 Å². The zero-order valence-corrected chi connectivity index (χ0v) is 19.0. The Hall–Kier alpha value is -3.12. The molecule has 6 rings (SSSR count). The van der Waals surface area contributed by atoms with Crippen LogP contribution in [0.1, 0.15) is 56.6 Å². The maximum absolute atomic E-state index is 13.2. The van der Waals surface area contributed by atoms with Crippen LogP contribution in [0.3, 0.4) is 0 Å². The fraction of sp³-hybridized carbons (Fsp3) is 0.458. The largest absolute Gasteiger partial charge is 0.338 e. The third kappa shape index (κ3) is 3.04. The summed E-state index contributed by atoms with van der Waals surface area (Å²) < 4.78 is 27.6. The lowest BCUT2D eigenvalue weighted by Gasteiger charge is -2.20. The quantitative estimate of drug-likeness (QED) is 0.590. The zero-order chi connectivity index (χ0) is 22.8. The number of hydrogen-bond donors (Lipinski definition) is 2. The van der Waals surface area contributed by atoms with Gasteiger partial charge in [-0.25, -0.2) is 8.42 Å². The van der Waals surface area contributed by atoms with Gasteiger partial charge in [0.15, 0.2) is 15.7 Å². The number of aromatic amines is 1. The molecule has 3 aromatic rings. The van der Waals surface area contributed by atoms with E-state index in [1.807, 2.05) is 16.8 Å². The summed E-state index contributed by atoms with van der Waals surface area (Å²) in [6.07, 6.45) is 7.95. The highest BCUT2D eigenvalue weighted by molar-refractivity contribution is 7.93. The summed E-state index contributed by atoms with van der Waals surface area (Å²) in [5.41, 5.74) is 1.99. The van der Waals surface area contributed by atoms with Gasteiger partial charge in [0.2, 0.25) is 0 Å². The van der Waals surface area contributed by atoms with Crippen LogP contribution >= 0.6 is 0 Å². The SMILES string of the molecule is N#CC[C@@H](C1CC1)n1nc(Nc2ccc3c(c2)CC2(CCCC2)S3(=O)=O)c2c(=O)[nH]ccc21. The van der Waals surface area contributed by atoms with E-state index in [0.29, 0.717) is 46.1 Å². The van der Waals surface area contributed by atoms with E-state index < -0.39 is 14.6 Å². The molecule has 1 aliphatic heterocycles. The third-order valence-corrected chi connectivity index (χ3v) is 10.3. The van der Waals surface area contributed by atoms with Gasteiger partial charge in [-0.1, -0.05) is 12.8 Å². The standard InChI is InChI=1S/C24H25N5O3S/c25-11-7-18(15-3-4-15)29-19-8-12-26-23(30)21(19)22(28-29)27-17-5-6-20-16(13-17)14-24(33(20,31)32)9-1-2-10-24/h5-6,8,12-13,15,18H,1-4,7,9-10,14H2,(H,26,30)(H,27,28)/t18-/m0/s1. The molecule has 0 saturated heterocycles. The fourth-order valence-electron chi connectivity index (χ4n) is 5.80. The number of H-pyrrole nitrogens is 1. The molecule has 3 heterocycles. The minimum atomic E-state index is -3.33. The fourth-order valence-corrected chi connectivity index (χ4v) is 8.16. The Balaban J connectivity index is 1.41. The molecule has 170 valence electrons. The number of nitrogens with one attached hydrogen (secondary N) is 2. The van der Waals surface area contributed by atoms with E-state index in [4.69, 9.17) is 5.10 Å². The van der Waals surface area contributed by atoms with E-state index in [1.54, 1.807) is 18.3 Å². The van der Waals surface area contributed by atoms with Crippen LogP contribution < -0.4 is 10.9 Å². The van der Waals surface area contributed by atoms with E-state index in [-0.39, 0.29) is 11.6 Å². The van der Waals surface area contributed by atoms with Crippen molar-refractivity contribution in [3.63, 3.8) is 0 Å². The lowest BCUT2D eigenvalue weighted by atomic mass is 9.97. The summed E-state index contributed by atoms with van der Waals surface area (Å²) >= 11 is 0. The Bertz CT molecular complexity index is 1470. The van der Waals surface area contributed by atoms with Crippen molar-refractivity contribution in [1.82, 2.24) is 14.8 Å². The number of rotatable bonds is 5. The zero-order valence-electron chi connectivity index (χ0n) is 18.2. The van der Waals surface area contributed by atoms with Gasteiger partial charge >= 0.3 is 0 Å². The van der Waals surface area contributed by atoms with Crippen molar-refractivity contribution in [3.05, 3.63) is 46.4 Å². The Morgan fingerprint density at radius 2 is 2.06 bits per heavy atom. The van der Waals surface area contributed by atoms with Gasteiger partial charge in [-0.3, -0.25) is 9.48 Å². The normalized spacial score (nSPS) is 21.2. The lowest BCUT2D eigenvalue weighted by molar-refractivity contribution is 0.426. The molecule has 0 radical (unpaired) electrons. The number of aromatic nitrogens is 3. The molecule has 1 aromatic carbocycles. The predicted octanol–water partition coefficient (Wildman–Crippen LogP) is 3.98. The van der Waals surface area contributed by atoms with Crippen LogP contribution in [0.15, 0.2) is 40.2 Å². The summed E-state index contributed by atoms with van der Waals surface area (Å²) in [6.45, 7) is 0. The van der Waals surface area contributed by atoms with Crippen LogP contribution in [-0.2, 0) is 16.3 Å². The van der Waals surface area contributed by atoms with Gasteiger partial charge in [0, 0.05) is 11.9 Å². The maximum atomic E-state index is 13.2. The second-order valence-electron chi connectivity index (χ2n) is 9.65. The van der Waals surface area contributed by atoms with E-state index in [9.17, 15) is 18.5 Å². The average molecular weight is 464 g/mol. The van der Waals surface area contributed by atoms with Crippen molar-refractivity contribution >= 4 is 32.2 Å². The highest BCUT2D eigenvalue weighted by atomic mass is 32.2. The number of fused-ring (bicyclic) bond motifs is 2. The lowest BCUT2D eigenvalue weighted by Crippen LogP contribution is -2.32. The number of anilines is 2.